The second-order valence-electron chi connectivity index (χ2n) is 4.17. The lowest BCUT2D eigenvalue weighted by molar-refractivity contribution is -0.121. The Bertz CT molecular complexity index is 726. The molecule has 20 heavy (non-hydrogen) atoms. The van der Waals surface area contributed by atoms with Gasteiger partial charge in [0.1, 0.15) is 12.6 Å². The summed E-state index contributed by atoms with van der Waals surface area (Å²) in [5, 5.41) is 11.8. The number of para-hydroxylation sites is 1. The Morgan fingerprint density at radius 1 is 1.60 bits per heavy atom. The number of nitriles is 1. The van der Waals surface area contributed by atoms with E-state index in [1.54, 1.807) is 23.8 Å². The van der Waals surface area contributed by atoms with Gasteiger partial charge in [0.2, 0.25) is 5.91 Å². The van der Waals surface area contributed by atoms with Gasteiger partial charge in [0.25, 0.3) is 0 Å². The summed E-state index contributed by atoms with van der Waals surface area (Å²) in [5.41, 5.74) is 1.91. The van der Waals surface area contributed by atoms with E-state index in [9.17, 15) is 4.79 Å². The molecule has 0 radical (unpaired) electrons. The highest BCUT2D eigenvalue weighted by atomic mass is 32.1. The van der Waals surface area contributed by atoms with E-state index in [4.69, 9.17) is 22.2 Å². The Morgan fingerprint density at radius 2 is 2.40 bits per heavy atom. The molecule has 2 N–H and O–H groups in total. The average Bonchev–Trinajstić information content (AvgIpc) is 2.75. The fraction of sp³-hybridized carbons (Fsp3) is 0.308. The van der Waals surface area contributed by atoms with E-state index < -0.39 is 0 Å². The summed E-state index contributed by atoms with van der Waals surface area (Å²) >= 11 is 5.21. The molecule has 1 aromatic heterocycles. The number of fused-ring (bicyclic) bond motifs is 1. The fourth-order valence-electron chi connectivity index (χ4n) is 1.92. The predicted octanol–water partition coefficient (Wildman–Crippen LogP) is 1.33. The number of amides is 1. The molecule has 0 aliphatic rings. The molecule has 7 heteroatoms. The molecule has 0 unspecified atom stereocenters. The molecular weight excluding hydrogens is 276 g/mol. The van der Waals surface area contributed by atoms with Gasteiger partial charge in [-0.25, -0.2) is 0 Å². The molecule has 0 saturated heterocycles. The molecule has 6 nitrogen and oxygen atoms in total. The van der Waals surface area contributed by atoms with Crippen molar-refractivity contribution in [3.63, 3.8) is 0 Å². The molecule has 1 heterocycles. The summed E-state index contributed by atoms with van der Waals surface area (Å²) < 4.78 is 6.96. The Kier molecular flexibility index (Phi) is 4.50. The third-order valence-corrected chi connectivity index (χ3v) is 3.18. The van der Waals surface area contributed by atoms with Gasteiger partial charge >= 0.3 is 0 Å². The highest BCUT2D eigenvalue weighted by Crippen LogP contribution is 2.17. The molecule has 2 rings (SSSR count). The van der Waals surface area contributed by atoms with Gasteiger partial charge < -0.3 is 19.6 Å². The quantitative estimate of drug-likeness (QED) is 0.643. The summed E-state index contributed by atoms with van der Waals surface area (Å²) in [4.78, 5) is 14.8. The first-order valence-corrected chi connectivity index (χ1v) is 6.45. The van der Waals surface area contributed by atoms with Crippen molar-refractivity contribution < 1.29 is 9.53 Å². The number of imidazole rings is 1. The van der Waals surface area contributed by atoms with Crippen molar-refractivity contribution >= 4 is 29.2 Å². The monoisotopic (exact) mass is 290 g/mol. The highest BCUT2D eigenvalue weighted by molar-refractivity contribution is 7.71. The van der Waals surface area contributed by atoms with Crippen molar-refractivity contribution in [3.8, 4) is 6.07 Å². The van der Waals surface area contributed by atoms with Crippen LogP contribution in [0.15, 0.2) is 18.2 Å². The van der Waals surface area contributed by atoms with Crippen LogP contribution in [0.2, 0.25) is 0 Å². The lowest BCUT2D eigenvalue weighted by Crippen LogP contribution is -2.30. The van der Waals surface area contributed by atoms with Crippen LogP contribution in [0, 0.1) is 16.1 Å². The zero-order chi connectivity index (χ0) is 14.5. The summed E-state index contributed by atoms with van der Waals surface area (Å²) in [6, 6.07) is 7.39. The normalized spacial score (nSPS) is 10.4. The number of carbonyl (C=O) groups excluding carboxylic acids is 1. The third kappa shape index (κ3) is 2.87. The van der Waals surface area contributed by atoms with Gasteiger partial charge in [-0.2, -0.15) is 5.26 Å². The van der Waals surface area contributed by atoms with Gasteiger partial charge in [-0.15, -0.1) is 0 Å². The van der Waals surface area contributed by atoms with Gasteiger partial charge in [-0.3, -0.25) is 4.79 Å². The van der Waals surface area contributed by atoms with Crippen LogP contribution in [-0.4, -0.2) is 35.7 Å². The molecule has 0 bridgehead atoms. The van der Waals surface area contributed by atoms with Crippen LogP contribution < -0.4 is 5.32 Å². The summed E-state index contributed by atoms with van der Waals surface area (Å²) in [7, 11) is 1.57. The Hall–Kier alpha value is -2.17. The second-order valence-corrected chi connectivity index (χ2v) is 4.56. The van der Waals surface area contributed by atoms with Crippen LogP contribution in [0.1, 0.15) is 5.56 Å². The number of ether oxygens (including phenoxy) is 1. The molecule has 0 aliphatic heterocycles. The molecule has 2 aromatic rings. The number of methoxy groups -OCH3 is 1. The molecule has 104 valence electrons. The molecule has 0 aliphatic carbocycles. The van der Waals surface area contributed by atoms with Crippen molar-refractivity contribution in [1.82, 2.24) is 14.9 Å². The van der Waals surface area contributed by atoms with Gasteiger partial charge in [0.15, 0.2) is 4.77 Å². The average molecular weight is 290 g/mol. The Balaban J connectivity index is 2.27. The largest absolute Gasteiger partial charge is 0.383 e. The molecule has 0 spiro atoms. The number of nitrogens with one attached hydrogen (secondary N) is 2. The van der Waals surface area contributed by atoms with E-state index in [0.717, 1.165) is 5.52 Å². The van der Waals surface area contributed by atoms with E-state index in [1.807, 2.05) is 6.07 Å². The zero-order valence-electron chi connectivity index (χ0n) is 11.0. The minimum Gasteiger partial charge on any atom is -0.383 e. The first-order chi connectivity index (χ1) is 9.67. The third-order valence-electron chi connectivity index (χ3n) is 2.86. The van der Waals surface area contributed by atoms with Crippen molar-refractivity contribution in [2.45, 2.75) is 6.54 Å². The number of carbonyl (C=O) groups is 1. The SMILES string of the molecule is COCCNC(=O)Cn1c(=S)[nH]c2c(C#N)cccc21. The number of nitrogens with zero attached hydrogens (tertiary/aromatic N) is 2. The van der Waals surface area contributed by atoms with Gasteiger partial charge in [0, 0.05) is 13.7 Å². The first kappa shape index (κ1) is 14.2. The summed E-state index contributed by atoms with van der Waals surface area (Å²) in [5.74, 6) is -0.151. The van der Waals surface area contributed by atoms with Crippen molar-refractivity contribution in [1.29, 1.82) is 5.26 Å². The number of H-pyrrole nitrogens is 1. The number of hydrogen-bond acceptors (Lipinski definition) is 4. The van der Waals surface area contributed by atoms with Crippen LogP contribution in [0.5, 0.6) is 0 Å². The number of rotatable bonds is 5. The van der Waals surface area contributed by atoms with Crippen molar-refractivity contribution in [3.05, 3.63) is 28.5 Å². The second kappa shape index (κ2) is 6.32. The van der Waals surface area contributed by atoms with Crippen LogP contribution in [0.3, 0.4) is 0 Å². The molecular formula is C13H14N4O2S. The maximum absolute atomic E-state index is 11.8. The van der Waals surface area contributed by atoms with E-state index in [1.165, 1.54) is 0 Å². The van der Waals surface area contributed by atoms with E-state index in [0.29, 0.717) is 29.0 Å². The topological polar surface area (TPSA) is 82.8 Å². The standard InChI is InChI=1S/C13H14N4O2S/c1-19-6-5-15-11(18)8-17-10-4-2-3-9(7-14)12(10)16-13(17)20/h2-4H,5-6,8H2,1H3,(H,15,18)(H,16,20). The van der Waals surface area contributed by atoms with Crippen molar-refractivity contribution in [2.24, 2.45) is 0 Å². The van der Waals surface area contributed by atoms with Crippen LogP contribution in [0.25, 0.3) is 11.0 Å². The lowest BCUT2D eigenvalue weighted by Gasteiger charge is -2.06. The molecule has 0 fully saturated rings. The van der Waals surface area contributed by atoms with Crippen LogP contribution in [0.4, 0.5) is 0 Å². The Labute approximate surface area is 121 Å². The summed E-state index contributed by atoms with van der Waals surface area (Å²) in [6.45, 7) is 1.02. The minimum absolute atomic E-state index is 0.109. The number of aromatic nitrogens is 2. The summed E-state index contributed by atoms with van der Waals surface area (Å²) in [6.07, 6.45) is 0. The zero-order valence-corrected chi connectivity index (χ0v) is 11.8. The highest BCUT2D eigenvalue weighted by Gasteiger charge is 2.10. The number of hydrogen-bond donors (Lipinski definition) is 2. The van der Waals surface area contributed by atoms with Crippen LogP contribution >= 0.6 is 12.2 Å². The number of benzene rings is 1. The lowest BCUT2D eigenvalue weighted by atomic mass is 10.2. The molecule has 0 saturated carbocycles. The molecule has 0 atom stereocenters. The van der Waals surface area contributed by atoms with E-state index >= 15 is 0 Å². The Morgan fingerprint density at radius 3 is 3.10 bits per heavy atom. The van der Waals surface area contributed by atoms with Gasteiger partial charge in [0.05, 0.1) is 23.2 Å². The van der Waals surface area contributed by atoms with Crippen LogP contribution in [-0.2, 0) is 16.1 Å². The van der Waals surface area contributed by atoms with Gasteiger partial charge in [-0.05, 0) is 24.4 Å². The maximum Gasteiger partial charge on any atom is 0.240 e. The van der Waals surface area contributed by atoms with E-state index in [-0.39, 0.29) is 12.5 Å². The molecule has 1 aromatic carbocycles. The maximum atomic E-state index is 11.8. The predicted molar refractivity (Wildman–Crippen MR) is 76.7 cm³/mol. The smallest absolute Gasteiger partial charge is 0.240 e. The molecule has 1 amide bonds. The fourth-order valence-corrected chi connectivity index (χ4v) is 2.19. The van der Waals surface area contributed by atoms with Gasteiger partial charge in [-0.1, -0.05) is 6.07 Å². The minimum atomic E-state index is -0.151. The van der Waals surface area contributed by atoms with E-state index in [2.05, 4.69) is 16.4 Å². The number of aromatic amines is 1. The first-order valence-electron chi connectivity index (χ1n) is 6.04. The van der Waals surface area contributed by atoms with Crippen molar-refractivity contribution in [2.75, 3.05) is 20.3 Å².